The molecule has 4 nitrogen and oxygen atoms in total. The largest absolute Gasteiger partial charge is 0.326 e. The first-order valence-corrected chi connectivity index (χ1v) is 8.10. The van der Waals surface area contributed by atoms with Crippen molar-refractivity contribution in [3.05, 3.63) is 65.9 Å². The van der Waals surface area contributed by atoms with Gasteiger partial charge in [0.1, 0.15) is 0 Å². The van der Waals surface area contributed by atoms with Gasteiger partial charge in [-0.15, -0.1) is 0 Å². The quantitative estimate of drug-likeness (QED) is 0.808. The molecule has 2 N–H and O–H groups in total. The van der Waals surface area contributed by atoms with Crippen LogP contribution in [0.2, 0.25) is 0 Å². The van der Waals surface area contributed by atoms with Crippen molar-refractivity contribution < 1.29 is 8.42 Å². The molecule has 0 fully saturated rings. The molecule has 2 aromatic carbocycles. The van der Waals surface area contributed by atoms with Gasteiger partial charge in [0, 0.05) is 17.6 Å². The Balaban J connectivity index is 2.34. The summed E-state index contributed by atoms with van der Waals surface area (Å²) in [5.74, 6) is 0. The number of benzene rings is 2. The van der Waals surface area contributed by atoms with E-state index in [0.29, 0.717) is 17.8 Å². The van der Waals surface area contributed by atoms with E-state index in [2.05, 4.69) is 0 Å². The molecule has 5 heteroatoms. The zero-order valence-electron chi connectivity index (χ0n) is 11.7. The number of aromatic nitrogens is 1. The van der Waals surface area contributed by atoms with Crippen molar-refractivity contribution in [2.45, 2.75) is 18.4 Å². The smallest absolute Gasteiger partial charge is 0.268 e. The van der Waals surface area contributed by atoms with Gasteiger partial charge in [-0.05, 0) is 36.8 Å². The summed E-state index contributed by atoms with van der Waals surface area (Å²) in [4.78, 5) is 0.281. The van der Waals surface area contributed by atoms with Crippen molar-refractivity contribution in [2.75, 3.05) is 0 Å². The molecular formula is C16H16N2O2S. The molecule has 0 radical (unpaired) electrons. The van der Waals surface area contributed by atoms with Crippen LogP contribution in [0.15, 0.2) is 59.5 Å². The number of aryl methyl sites for hydroxylation is 1. The molecule has 3 rings (SSSR count). The highest BCUT2D eigenvalue weighted by molar-refractivity contribution is 7.90. The van der Waals surface area contributed by atoms with Crippen LogP contribution < -0.4 is 5.73 Å². The van der Waals surface area contributed by atoms with Gasteiger partial charge in [-0.2, -0.15) is 0 Å². The minimum absolute atomic E-state index is 0.281. The third kappa shape index (κ3) is 2.14. The molecule has 0 aliphatic heterocycles. The topological polar surface area (TPSA) is 65.1 Å². The van der Waals surface area contributed by atoms with Crippen LogP contribution in [0, 0.1) is 6.92 Å². The lowest BCUT2D eigenvalue weighted by Gasteiger charge is -2.10. The highest BCUT2D eigenvalue weighted by Crippen LogP contribution is 2.27. The third-order valence-corrected chi connectivity index (χ3v) is 5.40. The monoisotopic (exact) mass is 300 g/mol. The van der Waals surface area contributed by atoms with Crippen LogP contribution in [-0.2, 0) is 16.6 Å². The first-order valence-electron chi connectivity index (χ1n) is 6.66. The molecule has 0 saturated carbocycles. The van der Waals surface area contributed by atoms with Gasteiger partial charge in [-0.25, -0.2) is 12.4 Å². The summed E-state index contributed by atoms with van der Waals surface area (Å²) in [5.41, 5.74) is 8.02. The van der Waals surface area contributed by atoms with Crippen LogP contribution in [0.5, 0.6) is 0 Å². The SMILES string of the molecule is Cc1cc2c(CN)cccc2n1S(=O)(=O)c1ccccc1. The Morgan fingerprint density at radius 2 is 1.76 bits per heavy atom. The van der Waals surface area contributed by atoms with Crippen molar-refractivity contribution >= 4 is 20.9 Å². The molecule has 3 aromatic rings. The van der Waals surface area contributed by atoms with Crippen molar-refractivity contribution in [3.8, 4) is 0 Å². The van der Waals surface area contributed by atoms with Crippen molar-refractivity contribution in [1.82, 2.24) is 3.97 Å². The summed E-state index contributed by atoms with van der Waals surface area (Å²) in [6, 6.07) is 15.9. The number of nitrogens with two attached hydrogens (primary N) is 1. The van der Waals surface area contributed by atoms with E-state index in [-0.39, 0.29) is 4.90 Å². The third-order valence-electron chi connectivity index (χ3n) is 3.57. The number of fused-ring (bicyclic) bond motifs is 1. The molecule has 0 atom stereocenters. The average molecular weight is 300 g/mol. The molecule has 0 unspecified atom stereocenters. The van der Waals surface area contributed by atoms with E-state index in [4.69, 9.17) is 5.73 Å². The Morgan fingerprint density at radius 1 is 1.05 bits per heavy atom. The van der Waals surface area contributed by atoms with Crippen molar-refractivity contribution in [3.63, 3.8) is 0 Å². The van der Waals surface area contributed by atoms with Gasteiger partial charge in [-0.1, -0.05) is 30.3 Å². The van der Waals surface area contributed by atoms with Gasteiger partial charge < -0.3 is 5.73 Å². The van der Waals surface area contributed by atoms with Gasteiger partial charge in [0.15, 0.2) is 0 Å². The first kappa shape index (κ1) is 13.9. The van der Waals surface area contributed by atoms with E-state index in [1.165, 1.54) is 3.97 Å². The lowest BCUT2D eigenvalue weighted by Crippen LogP contribution is -2.14. The molecule has 21 heavy (non-hydrogen) atoms. The van der Waals surface area contributed by atoms with Crippen LogP contribution in [0.4, 0.5) is 0 Å². The van der Waals surface area contributed by atoms with E-state index in [0.717, 1.165) is 10.9 Å². The second-order valence-electron chi connectivity index (χ2n) is 4.92. The Hall–Kier alpha value is -2.11. The zero-order valence-corrected chi connectivity index (χ0v) is 12.5. The predicted octanol–water partition coefficient (Wildman–Crippen LogP) is 2.65. The van der Waals surface area contributed by atoms with Crippen LogP contribution in [0.1, 0.15) is 11.3 Å². The summed E-state index contributed by atoms with van der Waals surface area (Å²) in [6.07, 6.45) is 0. The molecule has 0 amide bonds. The fraction of sp³-hybridized carbons (Fsp3) is 0.125. The molecule has 1 heterocycles. The minimum atomic E-state index is -3.60. The number of hydrogen-bond donors (Lipinski definition) is 1. The van der Waals surface area contributed by atoms with Crippen molar-refractivity contribution in [2.24, 2.45) is 5.73 Å². The Labute approximate surface area is 123 Å². The molecule has 1 aromatic heterocycles. The van der Waals surface area contributed by atoms with Gasteiger partial charge in [0.25, 0.3) is 10.0 Å². The summed E-state index contributed by atoms with van der Waals surface area (Å²) in [7, 11) is -3.60. The van der Waals surface area contributed by atoms with Crippen LogP contribution in [0.3, 0.4) is 0 Å². The predicted molar refractivity (Wildman–Crippen MR) is 83.6 cm³/mol. The maximum atomic E-state index is 12.9. The summed E-state index contributed by atoms with van der Waals surface area (Å²) < 4.78 is 27.1. The van der Waals surface area contributed by atoms with Crippen LogP contribution >= 0.6 is 0 Å². The summed E-state index contributed by atoms with van der Waals surface area (Å²) in [5, 5.41) is 0.886. The Morgan fingerprint density at radius 3 is 2.43 bits per heavy atom. The standard InChI is InChI=1S/C16H16N2O2S/c1-12-10-15-13(11-17)6-5-9-16(15)18(12)21(19,20)14-7-3-2-4-8-14/h2-10H,11,17H2,1H3. The molecule has 0 saturated heterocycles. The molecule has 0 aliphatic rings. The van der Waals surface area contributed by atoms with Crippen LogP contribution in [0.25, 0.3) is 10.9 Å². The summed E-state index contributed by atoms with van der Waals surface area (Å²) >= 11 is 0. The highest BCUT2D eigenvalue weighted by Gasteiger charge is 2.21. The zero-order chi connectivity index (χ0) is 15.0. The maximum Gasteiger partial charge on any atom is 0.268 e. The van der Waals surface area contributed by atoms with Gasteiger partial charge in [0.05, 0.1) is 10.4 Å². The van der Waals surface area contributed by atoms with Crippen LogP contribution in [-0.4, -0.2) is 12.4 Å². The molecule has 0 aliphatic carbocycles. The van der Waals surface area contributed by atoms with Gasteiger partial charge in [0.2, 0.25) is 0 Å². The van der Waals surface area contributed by atoms with E-state index in [9.17, 15) is 8.42 Å². The molecule has 0 bridgehead atoms. The Kier molecular flexibility index (Phi) is 3.31. The fourth-order valence-electron chi connectivity index (χ4n) is 2.60. The van der Waals surface area contributed by atoms with Gasteiger partial charge >= 0.3 is 0 Å². The average Bonchev–Trinajstić information content (AvgIpc) is 2.84. The van der Waals surface area contributed by atoms with Crippen molar-refractivity contribution in [1.29, 1.82) is 0 Å². The lowest BCUT2D eigenvalue weighted by molar-refractivity contribution is 0.588. The van der Waals surface area contributed by atoms with E-state index >= 15 is 0 Å². The summed E-state index contributed by atoms with van der Waals surface area (Å²) in [6.45, 7) is 2.17. The van der Waals surface area contributed by atoms with Gasteiger partial charge in [-0.3, -0.25) is 0 Å². The second kappa shape index (κ2) is 5.02. The Bertz CT molecular complexity index is 897. The lowest BCUT2D eigenvalue weighted by atomic mass is 10.1. The second-order valence-corrected chi connectivity index (χ2v) is 6.71. The molecular weight excluding hydrogens is 284 g/mol. The molecule has 0 spiro atoms. The minimum Gasteiger partial charge on any atom is -0.326 e. The molecule has 108 valence electrons. The highest BCUT2D eigenvalue weighted by atomic mass is 32.2. The van der Waals surface area contributed by atoms with E-state index in [1.807, 2.05) is 24.3 Å². The normalized spacial score (nSPS) is 11.9. The fourth-order valence-corrected chi connectivity index (χ4v) is 4.16. The van der Waals surface area contributed by atoms with E-state index in [1.54, 1.807) is 37.3 Å². The first-order chi connectivity index (χ1) is 10.1. The number of hydrogen-bond acceptors (Lipinski definition) is 3. The van der Waals surface area contributed by atoms with E-state index < -0.39 is 10.0 Å². The maximum absolute atomic E-state index is 12.9. The number of rotatable bonds is 3. The number of nitrogens with zero attached hydrogens (tertiary/aromatic N) is 1.